The lowest BCUT2D eigenvalue weighted by Crippen LogP contribution is -3.00. The van der Waals surface area contributed by atoms with Gasteiger partial charge in [-0.1, -0.05) is 12.1 Å². The number of benzene rings is 1. The van der Waals surface area contributed by atoms with Crippen LogP contribution in [0, 0.1) is 0 Å². The first-order valence-corrected chi connectivity index (χ1v) is 4.56. The highest BCUT2D eigenvalue weighted by Crippen LogP contribution is 2.10. The van der Waals surface area contributed by atoms with Gasteiger partial charge in [0.25, 0.3) is 0 Å². The average molecular weight is 307 g/mol. The summed E-state index contributed by atoms with van der Waals surface area (Å²) in [5.41, 5.74) is 1.28. The largest absolute Gasteiger partial charge is 1.00 e. The maximum absolute atomic E-state index is 9.08. The van der Waals surface area contributed by atoms with Crippen molar-refractivity contribution in [3.63, 3.8) is 0 Å². The summed E-state index contributed by atoms with van der Waals surface area (Å²) < 4.78 is 0.973. The number of quaternary nitrogens is 1. The SMILES string of the molecule is C[N+](C)(C)CCc1ccc(O)cc1.[I-]. The molecule has 0 aliphatic carbocycles. The second-order valence-corrected chi connectivity index (χ2v) is 4.43. The van der Waals surface area contributed by atoms with Crippen LogP contribution in [0.25, 0.3) is 0 Å². The maximum atomic E-state index is 9.08. The van der Waals surface area contributed by atoms with E-state index >= 15 is 0 Å². The normalized spacial score (nSPS) is 10.8. The molecule has 0 bridgehead atoms. The summed E-state index contributed by atoms with van der Waals surface area (Å²) in [6, 6.07) is 7.44. The standard InChI is InChI=1S/C11H17NO.HI/c1-12(2,3)9-8-10-4-6-11(13)7-5-10;/h4-7H,8-9H2,1-3H3;1H. The van der Waals surface area contributed by atoms with Crippen molar-refractivity contribution < 1.29 is 33.6 Å². The zero-order valence-electron chi connectivity index (χ0n) is 9.00. The molecule has 1 aromatic carbocycles. The van der Waals surface area contributed by atoms with Crippen molar-refractivity contribution in [3.8, 4) is 5.75 Å². The topological polar surface area (TPSA) is 20.2 Å². The molecule has 1 N–H and O–H groups in total. The second-order valence-electron chi connectivity index (χ2n) is 4.43. The molecule has 1 rings (SSSR count). The predicted molar refractivity (Wildman–Crippen MR) is 54.7 cm³/mol. The summed E-state index contributed by atoms with van der Waals surface area (Å²) in [6.07, 6.45) is 1.06. The molecule has 0 saturated carbocycles. The summed E-state index contributed by atoms with van der Waals surface area (Å²) in [4.78, 5) is 0. The Kier molecular flexibility index (Phi) is 5.44. The van der Waals surface area contributed by atoms with Crippen LogP contribution in [0.2, 0.25) is 0 Å². The Hall–Kier alpha value is -0.290. The molecule has 80 valence electrons. The van der Waals surface area contributed by atoms with E-state index in [0.29, 0.717) is 5.75 Å². The quantitative estimate of drug-likeness (QED) is 0.541. The molecule has 0 radical (unpaired) electrons. The highest BCUT2D eigenvalue weighted by Gasteiger charge is 2.06. The van der Waals surface area contributed by atoms with Crippen molar-refractivity contribution in [1.29, 1.82) is 0 Å². The van der Waals surface area contributed by atoms with Crippen LogP contribution in [0.3, 0.4) is 0 Å². The van der Waals surface area contributed by atoms with Gasteiger partial charge >= 0.3 is 0 Å². The molecule has 2 nitrogen and oxygen atoms in total. The van der Waals surface area contributed by atoms with Gasteiger partial charge in [0, 0.05) is 6.42 Å². The van der Waals surface area contributed by atoms with E-state index in [1.54, 1.807) is 12.1 Å². The molecule has 3 heteroatoms. The van der Waals surface area contributed by atoms with E-state index in [2.05, 4.69) is 21.1 Å². The molecular formula is C11H18INO. The lowest BCUT2D eigenvalue weighted by Gasteiger charge is -2.23. The van der Waals surface area contributed by atoms with Crippen molar-refractivity contribution in [1.82, 2.24) is 0 Å². The van der Waals surface area contributed by atoms with E-state index in [1.165, 1.54) is 5.56 Å². The number of phenolic OH excluding ortho intramolecular Hbond substituents is 1. The summed E-state index contributed by atoms with van der Waals surface area (Å²) in [5.74, 6) is 0.342. The summed E-state index contributed by atoms with van der Waals surface area (Å²) in [6.45, 7) is 1.12. The first-order valence-electron chi connectivity index (χ1n) is 4.56. The van der Waals surface area contributed by atoms with Gasteiger partial charge in [0.1, 0.15) is 5.75 Å². The van der Waals surface area contributed by atoms with Gasteiger partial charge in [0.2, 0.25) is 0 Å². The van der Waals surface area contributed by atoms with Gasteiger partial charge in [0.15, 0.2) is 0 Å². The highest BCUT2D eigenvalue weighted by molar-refractivity contribution is 5.25. The molecule has 0 aliphatic heterocycles. The van der Waals surface area contributed by atoms with Crippen molar-refractivity contribution in [3.05, 3.63) is 29.8 Å². The fourth-order valence-corrected chi connectivity index (χ4v) is 1.13. The number of hydrogen-bond acceptors (Lipinski definition) is 1. The van der Waals surface area contributed by atoms with Crippen LogP contribution in [0.5, 0.6) is 5.75 Å². The average Bonchev–Trinajstić information content (AvgIpc) is 2.02. The third-order valence-electron chi connectivity index (χ3n) is 2.01. The van der Waals surface area contributed by atoms with Gasteiger partial charge in [-0.05, 0) is 17.7 Å². The number of halogens is 1. The lowest BCUT2D eigenvalue weighted by molar-refractivity contribution is -0.870. The Morgan fingerprint density at radius 1 is 1.07 bits per heavy atom. The van der Waals surface area contributed by atoms with E-state index in [1.807, 2.05) is 12.1 Å². The molecule has 0 aromatic heterocycles. The van der Waals surface area contributed by atoms with Crippen molar-refractivity contribution >= 4 is 0 Å². The van der Waals surface area contributed by atoms with Gasteiger partial charge in [-0.3, -0.25) is 0 Å². The number of phenols is 1. The van der Waals surface area contributed by atoms with Gasteiger partial charge in [-0.2, -0.15) is 0 Å². The Morgan fingerprint density at radius 2 is 1.57 bits per heavy atom. The molecule has 0 heterocycles. The Balaban J connectivity index is 0.00000169. The Bertz CT molecular complexity index is 264. The first kappa shape index (κ1) is 13.7. The number of aromatic hydroxyl groups is 1. The Labute approximate surface area is 103 Å². The molecule has 0 fully saturated rings. The molecule has 0 atom stereocenters. The van der Waals surface area contributed by atoms with Crippen LogP contribution in [-0.2, 0) is 6.42 Å². The van der Waals surface area contributed by atoms with Gasteiger partial charge in [0.05, 0.1) is 27.7 Å². The summed E-state index contributed by atoms with van der Waals surface area (Å²) in [5, 5.41) is 9.08. The zero-order chi connectivity index (χ0) is 9.90. The first-order chi connectivity index (χ1) is 5.97. The van der Waals surface area contributed by atoms with Crippen LogP contribution in [0.4, 0.5) is 0 Å². The van der Waals surface area contributed by atoms with Crippen molar-refractivity contribution in [2.75, 3.05) is 27.7 Å². The monoisotopic (exact) mass is 307 g/mol. The van der Waals surface area contributed by atoms with Crippen LogP contribution < -0.4 is 24.0 Å². The summed E-state index contributed by atoms with van der Waals surface area (Å²) in [7, 11) is 6.54. The number of hydrogen-bond donors (Lipinski definition) is 1. The van der Waals surface area contributed by atoms with Crippen LogP contribution in [-0.4, -0.2) is 37.3 Å². The van der Waals surface area contributed by atoms with Crippen LogP contribution >= 0.6 is 0 Å². The molecule has 1 aromatic rings. The fourth-order valence-electron chi connectivity index (χ4n) is 1.13. The van der Waals surface area contributed by atoms with Gasteiger partial charge < -0.3 is 33.6 Å². The molecular weight excluding hydrogens is 289 g/mol. The molecule has 0 spiro atoms. The summed E-state index contributed by atoms with van der Waals surface area (Å²) >= 11 is 0. The third-order valence-corrected chi connectivity index (χ3v) is 2.01. The number of nitrogens with zero attached hydrogens (tertiary/aromatic N) is 1. The van der Waals surface area contributed by atoms with E-state index in [0.717, 1.165) is 17.4 Å². The van der Waals surface area contributed by atoms with Crippen LogP contribution in [0.15, 0.2) is 24.3 Å². The smallest absolute Gasteiger partial charge is 0.115 e. The highest BCUT2D eigenvalue weighted by atomic mass is 127. The number of rotatable bonds is 3. The van der Waals surface area contributed by atoms with Crippen LogP contribution in [0.1, 0.15) is 5.56 Å². The molecule has 0 saturated heterocycles. The van der Waals surface area contributed by atoms with Gasteiger partial charge in [-0.15, -0.1) is 0 Å². The van der Waals surface area contributed by atoms with E-state index in [9.17, 15) is 0 Å². The minimum atomic E-state index is 0. The van der Waals surface area contributed by atoms with E-state index < -0.39 is 0 Å². The molecule has 0 amide bonds. The Morgan fingerprint density at radius 3 is 2.00 bits per heavy atom. The van der Waals surface area contributed by atoms with Gasteiger partial charge in [-0.25, -0.2) is 0 Å². The minimum Gasteiger partial charge on any atom is -1.00 e. The predicted octanol–water partition coefficient (Wildman–Crippen LogP) is -1.36. The zero-order valence-corrected chi connectivity index (χ0v) is 11.2. The molecule has 0 unspecified atom stereocenters. The van der Waals surface area contributed by atoms with Crippen molar-refractivity contribution in [2.45, 2.75) is 6.42 Å². The van der Waals surface area contributed by atoms with E-state index in [-0.39, 0.29) is 24.0 Å². The lowest BCUT2D eigenvalue weighted by atomic mass is 10.1. The van der Waals surface area contributed by atoms with E-state index in [4.69, 9.17) is 5.11 Å². The number of likely N-dealkylation sites (N-methyl/N-ethyl adjacent to an activating group) is 1. The second kappa shape index (κ2) is 5.56. The molecule has 0 aliphatic rings. The third kappa shape index (κ3) is 5.44. The maximum Gasteiger partial charge on any atom is 0.115 e. The van der Waals surface area contributed by atoms with Crippen molar-refractivity contribution in [2.24, 2.45) is 0 Å². The fraction of sp³-hybridized carbons (Fsp3) is 0.455. The molecule has 14 heavy (non-hydrogen) atoms. The minimum absolute atomic E-state index is 0.